The third-order valence-corrected chi connectivity index (χ3v) is 4.56. The van der Waals surface area contributed by atoms with Gasteiger partial charge in [0.25, 0.3) is 0 Å². The van der Waals surface area contributed by atoms with E-state index in [4.69, 9.17) is 4.74 Å². The van der Waals surface area contributed by atoms with Gasteiger partial charge in [-0.2, -0.15) is 11.8 Å². The fourth-order valence-electron chi connectivity index (χ4n) is 2.47. The Labute approximate surface area is 124 Å². The number of hydrogen-bond acceptors (Lipinski definition) is 3. The zero-order valence-electron chi connectivity index (χ0n) is 11.4. The fourth-order valence-corrected chi connectivity index (χ4v) is 3.60. The molecular formula is C17H19NOS. The highest BCUT2D eigenvalue weighted by molar-refractivity contribution is 7.98. The molecule has 1 aliphatic rings. The van der Waals surface area contributed by atoms with Crippen LogP contribution in [0.4, 0.5) is 0 Å². The number of nitrogens with one attached hydrogen (secondary N) is 1. The van der Waals surface area contributed by atoms with Crippen molar-refractivity contribution in [3.63, 3.8) is 0 Å². The Balaban J connectivity index is 1.50. The summed E-state index contributed by atoms with van der Waals surface area (Å²) in [6, 6.07) is 19.2. The predicted molar refractivity (Wildman–Crippen MR) is 85.3 cm³/mol. The molecule has 0 radical (unpaired) electrons. The SMILES string of the molecule is c1ccc(OCCNC2CSCc3ccccc32)cc1. The van der Waals surface area contributed by atoms with Gasteiger partial charge in [-0.15, -0.1) is 0 Å². The lowest BCUT2D eigenvalue weighted by molar-refractivity contribution is 0.308. The molecule has 3 heteroatoms. The van der Waals surface area contributed by atoms with Crippen molar-refractivity contribution in [3.05, 3.63) is 65.7 Å². The molecule has 2 nitrogen and oxygen atoms in total. The topological polar surface area (TPSA) is 21.3 Å². The summed E-state index contributed by atoms with van der Waals surface area (Å²) in [6.45, 7) is 1.57. The van der Waals surface area contributed by atoms with Crippen LogP contribution in [0.3, 0.4) is 0 Å². The minimum absolute atomic E-state index is 0.448. The second kappa shape index (κ2) is 6.82. The molecule has 0 aromatic heterocycles. The normalized spacial score (nSPS) is 17.5. The zero-order valence-corrected chi connectivity index (χ0v) is 12.2. The first kappa shape index (κ1) is 13.5. The number of thioether (sulfide) groups is 1. The van der Waals surface area contributed by atoms with Crippen LogP contribution in [0, 0.1) is 0 Å². The van der Waals surface area contributed by atoms with Gasteiger partial charge in [-0.25, -0.2) is 0 Å². The summed E-state index contributed by atoms with van der Waals surface area (Å²) in [5, 5.41) is 3.60. The Morgan fingerprint density at radius 2 is 1.85 bits per heavy atom. The molecular weight excluding hydrogens is 266 g/mol. The predicted octanol–water partition coefficient (Wildman–Crippen LogP) is 3.64. The number of fused-ring (bicyclic) bond motifs is 1. The van der Waals surface area contributed by atoms with Gasteiger partial charge in [-0.1, -0.05) is 42.5 Å². The van der Waals surface area contributed by atoms with Crippen molar-refractivity contribution in [1.29, 1.82) is 0 Å². The lowest BCUT2D eigenvalue weighted by Gasteiger charge is -2.26. The number of ether oxygens (including phenoxy) is 1. The zero-order chi connectivity index (χ0) is 13.6. The first-order valence-electron chi connectivity index (χ1n) is 7.00. The van der Waals surface area contributed by atoms with Crippen molar-refractivity contribution in [2.75, 3.05) is 18.9 Å². The highest BCUT2D eigenvalue weighted by atomic mass is 32.2. The van der Waals surface area contributed by atoms with Gasteiger partial charge < -0.3 is 10.1 Å². The Bertz CT molecular complexity index is 544. The van der Waals surface area contributed by atoms with Gasteiger partial charge in [-0.05, 0) is 23.3 Å². The second-order valence-electron chi connectivity index (χ2n) is 4.88. The molecule has 0 fully saturated rings. The van der Waals surface area contributed by atoms with Crippen LogP contribution >= 0.6 is 11.8 Å². The molecule has 1 N–H and O–H groups in total. The Morgan fingerprint density at radius 3 is 2.75 bits per heavy atom. The minimum Gasteiger partial charge on any atom is -0.492 e. The van der Waals surface area contributed by atoms with E-state index in [0.29, 0.717) is 12.6 Å². The molecule has 3 rings (SSSR count). The van der Waals surface area contributed by atoms with Crippen molar-refractivity contribution in [2.45, 2.75) is 11.8 Å². The summed E-state index contributed by atoms with van der Waals surface area (Å²) in [5.74, 6) is 3.21. The molecule has 0 aliphatic carbocycles. The molecule has 2 aromatic rings. The van der Waals surface area contributed by atoms with Gasteiger partial charge in [0.2, 0.25) is 0 Å². The maximum absolute atomic E-state index is 5.72. The summed E-state index contributed by atoms with van der Waals surface area (Å²) >= 11 is 2.00. The van der Waals surface area contributed by atoms with E-state index in [1.54, 1.807) is 0 Å². The summed E-state index contributed by atoms with van der Waals surface area (Å²) in [6.07, 6.45) is 0. The largest absolute Gasteiger partial charge is 0.492 e. The van der Waals surface area contributed by atoms with E-state index in [1.165, 1.54) is 11.1 Å². The van der Waals surface area contributed by atoms with Crippen molar-refractivity contribution in [3.8, 4) is 5.75 Å². The van der Waals surface area contributed by atoms with Gasteiger partial charge in [0.1, 0.15) is 12.4 Å². The van der Waals surface area contributed by atoms with E-state index in [1.807, 2.05) is 42.1 Å². The minimum atomic E-state index is 0.448. The summed E-state index contributed by atoms with van der Waals surface area (Å²) in [5.41, 5.74) is 2.91. The lowest BCUT2D eigenvalue weighted by atomic mass is 10.0. The van der Waals surface area contributed by atoms with Crippen LogP contribution in [-0.2, 0) is 5.75 Å². The molecule has 1 atom stereocenters. The van der Waals surface area contributed by atoms with Crippen LogP contribution in [0.5, 0.6) is 5.75 Å². The number of benzene rings is 2. The fraction of sp³-hybridized carbons (Fsp3) is 0.294. The first-order valence-corrected chi connectivity index (χ1v) is 8.16. The third-order valence-electron chi connectivity index (χ3n) is 3.48. The van der Waals surface area contributed by atoms with E-state index in [0.717, 1.165) is 23.8 Å². The molecule has 1 unspecified atom stereocenters. The Hall–Kier alpha value is -1.45. The van der Waals surface area contributed by atoms with E-state index in [-0.39, 0.29) is 0 Å². The van der Waals surface area contributed by atoms with E-state index < -0.39 is 0 Å². The summed E-state index contributed by atoms with van der Waals surface area (Å²) in [7, 11) is 0. The molecule has 0 saturated carbocycles. The maximum atomic E-state index is 5.72. The van der Waals surface area contributed by atoms with Crippen LogP contribution in [0.15, 0.2) is 54.6 Å². The summed E-state index contributed by atoms with van der Waals surface area (Å²) < 4.78 is 5.72. The first-order chi connectivity index (χ1) is 9.93. The number of hydrogen-bond donors (Lipinski definition) is 1. The van der Waals surface area contributed by atoms with E-state index in [9.17, 15) is 0 Å². The number of para-hydroxylation sites is 1. The van der Waals surface area contributed by atoms with Crippen LogP contribution in [0.25, 0.3) is 0 Å². The smallest absolute Gasteiger partial charge is 0.119 e. The molecule has 0 amide bonds. The molecule has 20 heavy (non-hydrogen) atoms. The van der Waals surface area contributed by atoms with E-state index >= 15 is 0 Å². The molecule has 1 heterocycles. The summed E-state index contributed by atoms with van der Waals surface area (Å²) in [4.78, 5) is 0. The van der Waals surface area contributed by atoms with Crippen molar-refractivity contribution in [1.82, 2.24) is 5.32 Å². The monoisotopic (exact) mass is 285 g/mol. The van der Waals surface area contributed by atoms with Crippen LogP contribution < -0.4 is 10.1 Å². The average molecular weight is 285 g/mol. The van der Waals surface area contributed by atoms with Gasteiger partial charge in [0.05, 0.1) is 0 Å². The maximum Gasteiger partial charge on any atom is 0.119 e. The second-order valence-corrected chi connectivity index (χ2v) is 5.91. The van der Waals surface area contributed by atoms with Crippen LogP contribution in [0.1, 0.15) is 17.2 Å². The molecule has 104 valence electrons. The van der Waals surface area contributed by atoms with Crippen LogP contribution in [0.2, 0.25) is 0 Å². The number of rotatable bonds is 5. The van der Waals surface area contributed by atoms with Crippen molar-refractivity contribution in [2.24, 2.45) is 0 Å². The van der Waals surface area contributed by atoms with Crippen LogP contribution in [-0.4, -0.2) is 18.9 Å². The highest BCUT2D eigenvalue weighted by Gasteiger charge is 2.19. The molecule has 1 aliphatic heterocycles. The average Bonchev–Trinajstić information content (AvgIpc) is 2.53. The standard InChI is InChI=1S/C17H19NOS/c1-2-7-15(8-3-1)19-11-10-18-17-13-20-12-14-6-4-5-9-16(14)17/h1-9,17-18H,10-13H2. The van der Waals surface area contributed by atoms with Gasteiger partial charge in [-0.3, -0.25) is 0 Å². The molecule has 2 aromatic carbocycles. The van der Waals surface area contributed by atoms with E-state index in [2.05, 4.69) is 29.6 Å². The molecule has 0 spiro atoms. The van der Waals surface area contributed by atoms with Crippen molar-refractivity contribution >= 4 is 11.8 Å². The molecule has 0 bridgehead atoms. The Kier molecular flexibility index (Phi) is 4.61. The highest BCUT2D eigenvalue weighted by Crippen LogP contribution is 2.31. The molecule has 0 saturated heterocycles. The van der Waals surface area contributed by atoms with Crippen molar-refractivity contribution < 1.29 is 4.74 Å². The third kappa shape index (κ3) is 3.35. The lowest BCUT2D eigenvalue weighted by Crippen LogP contribution is -2.30. The van der Waals surface area contributed by atoms with Gasteiger partial charge in [0.15, 0.2) is 0 Å². The van der Waals surface area contributed by atoms with Gasteiger partial charge >= 0.3 is 0 Å². The quantitative estimate of drug-likeness (QED) is 0.847. The van der Waals surface area contributed by atoms with Gasteiger partial charge in [0, 0.05) is 24.1 Å². The Morgan fingerprint density at radius 1 is 1.05 bits per heavy atom.